The molecule has 0 aliphatic rings. The summed E-state index contributed by atoms with van der Waals surface area (Å²) in [6, 6.07) is 20.6. The Morgan fingerprint density at radius 3 is 2.31 bits per heavy atom. The van der Waals surface area contributed by atoms with Crippen molar-refractivity contribution in [1.82, 2.24) is 4.90 Å². The van der Waals surface area contributed by atoms with Gasteiger partial charge in [-0.2, -0.15) is 13.2 Å². The summed E-state index contributed by atoms with van der Waals surface area (Å²) in [4.78, 5) is 16.7. The highest BCUT2D eigenvalue weighted by molar-refractivity contribution is 5.98. The summed E-state index contributed by atoms with van der Waals surface area (Å²) in [5.74, 6) is -1.93. The van der Waals surface area contributed by atoms with Gasteiger partial charge in [-0.15, -0.1) is 0 Å². The lowest BCUT2D eigenvalue weighted by Crippen LogP contribution is -2.43. The molecule has 0 saturated heterocycles. The van der Waals surface area contributed by atoms with Crippen LogP contribution in [-0.4, -0.2) is 36.5 Å². The third-order valence-corrected chi connectivity index (χ3v) is 4.31. The molecule has 0 N–H and O–H groups in total. The van der Waals surface area contributed by atoms with Gasteiger partial charge in [0, 0.05) is 11.9 Å². The van der Waals surface area contributed by atoms with E-state index >= 15 is 0 Å². The van der Waals surface area contributed by atoms with Crippen LogP contribution in [0.3, 0.4) is 0 Å². The summed E-state index contributed by atoms with van der Waals surface area (Å²) in [6.07, 6.45) is -4.76. The van der Waals surface area contributed by atoms with Gasteiger partial charge in [-0.05, 0) is 17.0 Å². The van der Waals surface area contributed by atoms with Crippen molar-refractivity contribution in [2.45, 2.75) is 12.7 Å². The molecule has 0 radical (unpaired) electrons. The fourth-order valence-electron chi connectivity index (χ4n) is 2.96. The molecule has 0 unspecified atom stereocenters. The largest absolute Gasteiger partial charge is 0.468 e. The summed E-state index contributed by atoms with van der Waals surface area (Å²) in [6.45, 7) is -0.715. The maximum absolute atomic E-state index is 14.0. The van der Waals surface area contributed by atoms with Crippen molar-refractivity contribution in [1.29, 1.82) is 0 Å². The van der Waals surface area contributed by atoms with Crippen LogP contribution in [0, 0.1) is 0 Å². The van der Waals surface area contributed by atoms with Crippen molar-refractivity contribution in [3.8, 4) is 0 Å². The molecule has 0 amide bonds. The van der Waals surface area contributed by atoms with Crippen LogP contribution >= 0.6 is 0 Å². The smallest absolute Gasteiger partial charge is 0.449 e. The monoisotopic (exact) mass is 400 g/mol. The predicted molar refractivity (Wildman–Crippen MR) is 106 cm³/mol. The van der Waals surface area contributed by atoms with Gasteiger partial charge in [-0.1, -0.05) is 66.7 Å². The van der Waals surface area contributed by atoms with Gasteiger partial charge >= 0.3 is 12.1 Å². The molecule has 3 aromatic carbocycles. The standard InChI is InChI=1S/C22H19F3N2O2/c1-29-20(28)15-27(14-16-8-3-2-4-9-16)21(22(23,24)25)26-19-13-7-11-17-10-5-6-12-18(17)19/h2-13H,14-15H2,1H3. The molecule has 0 saturated carbocycles. The Morgan fingerprint density at radius 1 is 0.966 bits per heavy atom. The quantitative estimate of drug-likeness (QED) is 0.340. The van der Waals surface area contributed by atoms with Gasteiger partial charge in [0.05, 0.1) is 12.8 Å². The van der Waals surface area contributed by atoms with Gasteiger partial charge in [0.25, 0.3) is 0 Å². The molecule has 0 heterocycles. The number of rotatable bonds is 5. The number of amidine groups is 1. The lowest BCUT2D eigenvalue weighted by molar-refractivity contribution is -0.141. The van der Waals surface area contributed by atoms with Crippen LogP contribution in [0.15, 0.2) is 77.8 Å². The number of alkyl halides is 3. The summed E-state index contributed by atoms with van der Waals surface area (Å²) >= 11 is 0. The van der Waals surface area contributed by atoms with Crippen LogP contribution in [0.5, 0.6) is 0 Å². The van der Waals surface area contributed by atoms with Crippen molar-refractivity contribution in [2.75, 3.05) is 13.7 Å². The van der Waals surface area contributed by atoms with Crippen molar-refractivity contribution in [3.63, 3.8) is 0 Å². The minimum absolute atomic E-state index is 0.140. The second-order valence-electron chi connectivity index (χ2n) is 6.35. The number of hydrogen-bond donors (Lipinski definition) is 0. The topological polar surface area (TPSA) is 41.9 Å². The molecule has 0 aromatic heterocycles. The van der Waals surface area contributed by atoms with Gasteiger partial charge in [-0.25, -0.2) is 4.99 Å². The van der Waals surface area contributed by atoms with E-state index in [1.807, 2.05) is 0 Å². The van der Waals surface area contributed by atoms with Crippen LogP contribution < -0.4 is 0 Å². The lowest BCUT2D eigenvalue weighted by Gasteiger charge is -2.26. The summed E-state index contributed by atoms with van der Waals surface area (Å²) in [5.41, 5.74) is 0.796. The number of esters is 1. The number of nitrogens with zero attached hydrogens (tertiary/aromatic N) is 2. The van der Waals surface area contributed by atoms with Crippen molar-refractivity contribution >= 4 is 28.3 Å². The number of ether oxygens (including phenoxy) is 1. The Kier molecular flexibility index (Phi) is 6.16. The van der Waals surface area contributed by atoms with E-state index in [0.29, 0.717) is 10.9 Å². The minimum Gasteiger partial charge on any atom is -0.468 e. The number of fused-ring (bicyclic) bond motifs is 1. The number of methoxy groups -OCH3 is 1. The fourth-order valence-corrected chi connectivity index (χ4v) is 2.96. The molecule has 0 aliphatic heterocycles. The van der Waals surface area contributed by atoms with Crippen molar-refractivity contribution < 1.29 is 22.7 Å². The molecule has 3 aromatic rings. The zero-order valence-electron chi connectivity index (χ0n) is 15.7. The van der Waals surface area contributed by atoms with Crippen LogP contribution in [0.2, 0.25) is 0 Å². The van der Waals surface area contributed by atoms with Crippen LogP contribution in [0.25, 0.3) is 10.8 Å². The van der Waals surface area contributed by atoms with Gasteiger partial charge in [-0.3, -0.25) is 4.79 Å². The molecule has 3 rings (SSSR count). The average Bonchev–Trinajstić information content (AvgIpc) is 2.71. The van der Waals surface area contributed by atoms with E-state index in [-0.39, 0.29) is 12.2 Å². The van der Waals surface area contributed by atoms with Crippen LogP contribution in [-0.2, 0) is 16.1 Å². The number of halogens is 3. The molecule has 7 heteroatoms. The van der Waals surface area contributed by atoms with E-state index in [9.17, 15) is 18.0 Å². The molecular weight excluding hydrogens is 381 g/mol. The van der Waals surface area contributed by atoms with Gasteiger partial charge in [0.15, 0.2) is 0 Å². The number of benzene rings is 3. The average molecular weight is 400 g/mol. The number of hydrogen-bond acceptors (Lipinski definition) is 3. The molecule has 4 nitrogen and oxygen atoms in total. The normalized spacial score (nSPS) is 12.1. The van der Waals surface area contributed by atoms with Crippen LogP contribution in [0.4, 0.5) is 18.9 Å². The second kappa shape index (κ2) is 8.77. The second-order valence-corrected chi connectivity index (χ2v) is 6.35. The highest BCUT2D eigenvalue weighted by Crippen LogP contribution is 2.30. The maximum Gasteiger partial charge on any atom is 0.449 e. The number of carbonyl (C=O) groups excluding carboxylic acids is 1. The fraction of sp³-hybridized carbons (Fsp3) is 0.182. The van der Waals surface area contributed by atoms with E-state index in [1.54, 1.807) is 66.7 Å². The SMILES string of the molecule is COC(=O)CN(Cc1ccccc1)C(=Nc1cccc2ccccc12)C(F)(F)F. The third kappa shape index (κ3) is 5.13. The Bertz CT molecular complexity index is 1010. The van der Waals surface area contributed by atoms with E-state index in [4.69, 9.17) is 0 Å². The third-order valence-electron chi connectivity index (χ3n) is 4.31. The van der Waals surface area contributed by atoms with E-state index in [1.165, 1.54) is 6.07 Å². The summed E-state index contributed by atoms with van der Waals surface area (Å²) < 4.78 is 46.6. The highest BCUT2D eigenvalue weighted by atomic mass is 19.4. The summed E-state index contributed by atoms with van der Waals surface area (Å²) in [5, 5.41) is 1.37. The molecule has 0 aliphatic carbocycles. The number of carbonyl (C=O) groups is 1. The van der Waals surface area contributed by atoms with Crippen molar-refractivity contribution in [3.05, 3.63) is 78.4 Å². The van der Waals surface area contributed by atoms with Gasteiger partial charge in [0.2, 0.25) is 5.84 Å². The van der Waals surface area contributed by atoms with E-state index in [0.717, 1.165) is 17.4 Å². The first kappa shape index (κ1) is 20.4. The molecule has 0 fully saturated rings. The first-order chi connectivity index (χ1) is 13.9. The molecule has 29 heavy (non-hydrogen) atoms. The zero-order valence-corrected chi connectivity index (χ0v) is 15.7. The molecule has 0 spiro atoms. The Labute approximate surface area is 166 Å². The molecule has 0 atom stereocenters. The Hall–Kier alpha value is -3.35. The zero-order chi connectivity index (χ0) is 20.9. The van der Waals surface area contributed by atoms with E-state index < -0.39 is 24.5 Å². The van der Waals surface area contributed by atoms with Gasteiger partial charge < -0.3 is 9.64 Å². The first-order valence-corrected chi connectivity index (χ1v) is 8.88. The Balaban J connectivity index is 2.10. The van der Waals surface area contributed by atoms with Crippen molar-refractivity contribution in [2.24, 2.45) is 4.99 Å². The summed E-state index contributed by atoms with van der Waals surface area (Å²) in [7, 11) is 1.14. The molecule has 0 bridgehead atoms. The molecular formula is C22H19F3N2O2. The van der Waals surface area contributed by atoms with E-state index in [2.05, 4.69) is 9.73 Å². The Morgan fingerprint density at radius 2 is 1.62 bits per heavy atom. The van der Waals surface area contributed by atoms with Gasteiger partial charge in [0.1, 0.15) is 6.54 Å². The molecule has 150 valence electrons. The minimum atomic E-state index is -4.76. The first-order valence-electron chi connectivity index (χ1n) is 8.88. The lowest BCUT2D eigenvalue weighted by atomic mass is 10.1. The predicted octanol–water partition coefficient (Wildman–Crippen LogP) is 5.11. The highest BCUT2D eigenvalue weighted by Gasteiger charge is 2.41. The number of aliphatic imine (C=N–C) groups is 1. The van der Waals surface area contributed by atoms with Crippen LogP contribution in [0.1, 0.15) is 5.56 Å². The maximum atomic E-state index is 14.0.